The summed E-state index contributed by atoms with van der Waals surface area (Å²) in [6.45, 7) is 2.03. The number of carbonyl (C=O) groups excluding carboxylic acids is 1. The van der Waals surface area contributed by atoms with Gasteiger partial charge < -0.3 is 4.74 Å². The van der Waals surface area contributed by atoms with E-state index < -0.39 is 0 Å². The highest BCUT2D eigenvalue weighted by Crippen LogP contribution is 2.26. The van der Waals surface area contributed by atoms with Crippen LogP contribution in [0.1, 0.15) is 20.1 Å². The van der Waals surface area contributed by atoms with E-state index in [1.807, 2.05) is 67.6 Å². The molecule has 0 aliphatic carbocycles. The minimum atomic E-state index is -0.275. The fraction of sp³-hybridized carbons (Fsp3) is 0.0870. The second kappa shape index (κ2) is 8.24. The number of methoxy groups -OCH3 is 1. The number of ether oxygens (including phenoxy) is 1. The lowest BCUT2D eigenvalue weighted by atomic mass is 10.0. The number of carbonyl (C=O) groups is 1. The van der Waals surface area contributed by atoms with Crippen LogP contribution in [0, 0.1) is 6.92 Å². The van der Waals surface area contributed by atoms with Gasteiger partial charge in [0.15, 0.2) is 0 Å². The maximum absolute atomic E-state index is 12.9. The standard InChI is InChI=1S/C23H19N3O2S/c1-15-7-12-18(29-15)14-24-26-23(27)20-13-22(16-8-10-17(28-2)11-9-16)25-21-6-4-3-5-19(20)21/h3-14H,1-2H3,(H,26,27)/b24-14+. The smallest absolute Gasteiger partial charge is 0.272 e. The molecule has 0 unspecified atom stereocenters. The number of aromatic nitrogens is 1. The van der Waals surface area contributed by atoms with Crippen molar-refractivity contribution < 1.29 is 9.53 Å². The first kappa shape index (κ1) is 18.8. The lowest BCUT2D eigenvalue weighted by molar-refractivity contribution is 0.0956. The summed E-state index contributed by atoms with van der Waals surface area (Å²) in [5.41, 5.74) is 5.54. The number of hydrazone groups is 1. The minimum Gasteiger partial charge on any atom is -0.497 e. The predicted molar refractivity (Wildman–Crippen MR) is 118 cm³/mol. The van der Waals surface area contributed by atoms with Gasteiger partial charge in [0.2, 0.25) is 0 Å². The summed E-state index contributed by atoms with van der Waals surface area (Å²) in [5.74, 6) is 0.494. The first-order valence-corrected chi connectivity index (χ1v) is 9.90. The van der Waals surface area contributed by atoms with E-state index in [-0.39, 0.29) is 5.91 Å². The van der Waals surface area contributed by atoms with Gasteiger partial charge in [0.1, 0.15) is 5.75 Å². The molecule has 0 spiro atoms. The summed E-state index contributed by atoms with van der Waals surface area (Å²) in [6.07, 6.45) is 1.66. The highest BCUT2D eigenvalue weighted by molar-refractivity contribution is 7.13. The van der Waals surface area contributed by atoms with Crippen LogP contribution in [0.2, 0.25) is 0 Å². The normalized spacial score (nSPS) is 11.1. The van der Waals surface area contributed by atoms with Crippen LogP contribution in [0.25, 0.3) is 22.2 Å². The number of aryl methyl sites for hydroxylation is 1. The Morgan fingerprint density at radius 1 is 1.10 bits per heavy atom. The van der Waals surface area contributed by atoms with Gasteiger partial charge in [0.25, 0.3) is 5.91 Å². The molecule has 4 rings (SSSR count). The van der Waals surface area contributed by atoms with E-state index in [0.29, 0.717) is 5.56 Å². The van der Waals surface area contributed by atoms with Crippen LogP contribution >= 0.6 is 11.3 Å². The Balaban J connectivity index is 1.68. The monoisotopic (exact) mass is 401 g/mol. The Hall–Kier alpha value is -3.51. The molecule has 1 N–H and O–H groups in total. The molecule has 4 aromatic rings. The third-order valence-electron chi connectivity index (χ3n) is 4.47. The third kappa shape index (κ3) is 4.17. The largest absolute Gasteiger partial charge is 0.497 e. The fourth-order valence-corrected chi connectivity index (χ4v) is 3.76. The van der Waals surface area contributed by atoms with Gasteiger partial charge in [-0.05, 0) is 55.5 Å². The fourth-order valence-electron chi connectivity index (χ4n) is 3.01. The van der Waals surface area contributed by atoms with Gasteiger partial charge in [-0.2, -0.15) is 5.10 Å². The first-order valence-electron chi connectivity index (χ1n) is 9.08. The molecule has 2 aromatic carbocycles. The van der Waals surface area contributed by atoms with Crippen molar-refractivity contribution in [3.63, 3.8) is 0 Å². The molecule has 0 saturated heterocycles. The van der Waals surface area contributed by atoms with Crippen molar-refractivity contribution in [1.82, 2.24) is 10.4 Å². The van der Waals surface area contributed by atoms with E-state index in [2.05, 4.69) is 10.5 Å². The van der Waals surface area contributed by atoms with Crippen molar-refractivity contribution >= 4 is 34.4 Å². The van der Waals surface area contributed by atoms with Crippen molar-refractivity contribution in [3.8, 4) is 17.0 Å². The number of amides is 1. The van der Waals surface area contributed by atoms with Crippen LogP contribution in [-0.2, 0) is 0 Å². The van der Waals surface area contributed by atoms with E-state index in [4.69, 9.17) is 9.72 Å². The van der Waals surface area contributed by atoms with Crippen molar-refractivity contribution in [2.75, 3.05) is 7.11 Å². The summed E-state index contributed by atoms with van der Waals surface area (Å²) in [6, 6.07) is 21.0. The maximum atomic E-state index is 12.9. The number of pyridine rings is 1. The Labute approximate surface area is 172 Å². The number of nitrogens with one attached hydrogen (secondary N) is 1. The Morgan fingerprint density at radius 3 is 2.62 bits per heavy atom. The second-order valence-corrected chi connectivity index (χ2v) is 7.77. The van der Waals surface area contributed by atoms with Gasteiger partial charge in [0, 0.05) is 20.7 Å². The number of nitrogens with zero attached hydrogens (tertiary/aromatic N) is 2. The molecule has 0 fully saturated rings. The topological polar surface area (TPSA) is 63.6 Å². The van der Waals surface area contributed by atoms with Crippen LogP contribution in [-0.4, -0.2) is 24.2 Å². The Kier molecular flexibility index (Phi) is 5.35. The molecule has 29 heavy (non-hydrogen) atoms. The van der Waals surface area contributed by atoms with E-state index in [0.717, 1.165) is 32.8 Å². The number of rotatable bonds is 5. The van der Waals surface area contributed by atoms with E-state index >= 15 is 0 Å². The lowest BCUT2D eigenvalue weighted by Gasteiger charge is -2.09. The number of benzene rings is 2. The van der Waals surface area contributed by atoms with Gasteiger partial charge in [-0.1, -0.05) is 18.2 Å². The summed E-state index contributed by atoms with van der Waals surface area (Å²) in [7, 11) is 1.63. The number of hydrogen-bond acceptors (Lipinski definition) is 5. The molecule has 5 nitrogen and oxygen atoms in total. The number of thiophene rings is 1. The molecule has 2 heterocycles. The highest BCUT2D eigenvalue weighted by atomic mass is 32.1. The molecule has 2 aromatic heterocycles. The van der Waals surface area contributed by atoms with Crippen LogP contribution in [0.5, 0.6) is 5.75 Å². The van der Waals surface area contributed by atoms with Gasteiger partial charge >= 0.3 is 0 Å². The number of para-hydroxylation sites is 1. The summed E-state index contributed by atoms with van der Waals surface area (Å²) < 4.78 is 5.22. The molecular formula is C23H19N3O2S. The van der Waals surface area contributed by atoms with Crippen LogP contribution in [0.4, 0.5) is 0 Å². The molecule has 144 valence electrons. The molecule has 0 aliphatic rings. The maximum Gasteiger partial charge on any atom is 0.272 e. The van der Waals surface area contributed by atoms with Crippen molar-refractivity contribution in [2.24, 2.45) is 5.10 Å². The van der Waals surface area contributed by atoms with E-state index in [1.54, 1.807) is 30.7 Å². The molecule has 0 atom stereocenters. The van der Waals surface area contributed by atoms with E-state index in [9.17, 15) is 4.79 Å². The molecule has 0 aliphatic heterocycles. The van der Waals surface area contributed by atoms with Gasteiger partial charge in [-0.25, -0.2) is 10.4 Å². The number of hydrogen-bond donors (Lipinski definition) is 1. The van der Waals surface area contributed by atoms with Crippen LogP contribution in [0.3, 0.4) is 0 Å². The Morgan fingerprint density at radius 2 is 1.90 bits per heavy atom. The van der Waals surface area contributed by atoms with Gasteiger partial charge in [-0.15, -0.1) is 11.3 Å². The van der Waals surface area contributed by atoms with Crippen molar-refractivity contribution in [2.45, 2.75) is 6.92 Å². The third-order valence-corrected chi connectivity index (χ3v) is 5.40. The summed E-state index contributed by atoms with van der Waals surface area (Å²) >= 11 is 1.62. The average molecular weight is 401 g/mol. The van der Waals surface area contributed by atoms with E-state index in [1.165, 1.54) is 4.88 Å². The van der Waals surface area contributed by atoms with Crippen molar-refractivity contribution in [1.29, 1.82) is 0 Å². The van der Waals surface area contributed by atoms with Crippen LogP contribution < -0.4 is 10.2 Å². The van der Waals surface area contributed by atoms with Gasteiger partial charge in [0.05, 0.1) is 30.1 Å². The number of fused-ring (bicyclic) bond motifs is 1. The zero-order valence-corrected chi connectivity index (χ0v) is 16.9. The molecule has 1 amide bonds. The quantitative estimate of drug-likeness (QED) is 0.376. The zero-order chi connectivity index (χ0) is 20.2. The zero-order valence-electron chi connectivity index (χ0n) is 16.0. The molecule has 6 heteroatoms. The SMILES string of the molecule is COc1ccc(-c2cc(C(=O)N/N=C/c3ccc(C)s3)c3ccccc3n2)cc1. The minimum absolute atomic E-state index is 0.275. The van der Waals surface area contributed by atoms with Crippen LogP contribution in [0.15, 0.2) is 71.8 Å². The first-order chi connectivity index (χ1) is 14.1. The molecule has 0 bridgehead atoms. The molecule has 0 radical (unpaired) electrons. The highest BCUT2D eigenvalue weighted by Gasteiger charge is 2.13. The molecular weight excluding hydrogens is 382 g/mol. The lowest BCUT2D eigenvalue weighted by Crippen LogP contribution is -2.18. The second-order valence-electron chi connectivity index (χ2n) is 6.45. The summed E-state index contributed by atoms with van der Waals surface area (Å²) in [4.78, 5) is 19.8. The van der Waals surface area contributed by atoms with Gasteiger partial charge in [-0.3, -0.25) is 4.79 Å². The summed E-state index contributed by atoms with van der Waals surface area (Å²) in [5, 5.41) is 4.89. The molecule has 0 saturated carbocycles. The van der Waals surface area contributed by atoms with Crippen molar-refractivity contribution in [3.05, 3.63) is 82.0 Å². The average Bonchev–Trinajstić information content (AvgIpc) is 3.18. The Bertz CT molecular complexity index is 1200. The predicted octanol–water partition coefficient (Wildman–Crippen LogP) is 5.04.